The summed E-state index contributed by atoms with van der Waals surface area (Å²) in [5.41, 5.74) is 3.11. The van der Waals surface area contributed by atoms with Crippen molar-refractivity contribution >= 4 is 57.0 Å². The van der Waals surface area contributed by atoms with Crippen molar-refractivity contribution in [3.05, 3.63) is 106 Å². The van der Waals surface area contributed by atoms with Gasteiger partial charge in [0.1, 0.15) is 4.90 Å². The second-order valence-corrected chi connectivity index (χ2v) is 10.2. The zero-order chi connectivity index (χ0) is 28.0. The first-order valence-electron chi connectivity index (χ1n) is 11.0. The summed E-state index contributed by atoms with van der Waals surface area (Å²) in [4.78, 5) is 24.5. The van der Waals surface area contributed by atoms with E-state index in [1.807, 2.05) is 0 Å². The molecule has 0 aliphatic carbocycles. The molecular weight excluding hydrogens is 569 g/mol. The highest BCUT2D eigenvalue weighted by Gasteiger charge is 2.21. The summed E-state index contributed by atoms with van der Waals surface area (Å²) < 4.78 is 43.7. The third-order valence-corrected chi connectivity index (χ3v) is 7.19. The van der Waals surface area contributed by atoms with Crippen LogP contribution in [0.15, 0.2) is 93.5 Å². The van der Waals surface area contributed by atoms with Gasteiger partial charge >= 0.3 is 5.97 Å². The van der Waals surface area contributed by atoms with Crippen LogP contribution in [0.5, 0.6) is 11.5 Å². The second kappa shape index (κ2) is 12.0. The molecule has 3 aromatic carbocycles. The Kier molecular flexibility index (Phi) is 8.55. The van der Waals surface area contributed by atoms with E-state index >= 15 is 0 Å². The Labute approximate surface area is 233 Å². The topological polar surface area (TPSA) is 136 Å². The van der Waals surface area contributed by atoms with Gasteiger partial charge in [-0.3, -0.25) is 9.52 Å². The first-order chi connectivity index (χ1) is 18.7. The van der Waals surface area contributed by atoms with E-state index in [1.165, 1.54) is 74.2 Å². The molecule has 4 aromatic rings. The zero-order valence-electron chi connectivity index (χ0n) is 20.1. The Bertz CT molecular complexity index is 1640. The highest BCUT2D eigenvalue weighted by molar-refractivity contribution is 7.92. The van der Waals surface area contributed by atoms with E-state index in [9.17, 15) is 18.0 Å². The highest BCUT2D eigenvalue weighted by atomic mass is 35.5. The number of carbonyl (C=O) groups excluding carboxylic acids is 2. The number of hydrogen-bond acceptors (Lipinski definition) is 8. The third-order valence-electron chi connectivity index (χ3n) is 5.07. The van der Waals surface area contributed by atoms with Gasteiger partial charge in [-0.25, -0.2) is 18.6 Å². The number of nitrogens with one attached hydrogen (secondary N) is 2. The summed E-state index contributed by atoms with van der Waals surface area (Å²) in [6, 6.07) is 17.5. The van der Waals surface area contributed by atoms with Crippen LogP contribution in [0.4, 0.5) is 5.69 Å². The lowest BCUT2D eigenvalue weighted by molar-refractivity contribution is 0.0696. The number of halogens is 2. The van der Waals surface area contributed by atoms with Crippen molar-refractivity contribution in [2.75, 3.05) is 11.8 Å². The zero-order valence-corrected chi connectivity index (χ0v) is 22.4. The summed E-state index contributed by atoms with van der Waals surface area (Å²) in [7, 11) is -2.71. The number of anilines is 1. The standard InChI is InChI=1S/C26H19Cl2N3O7S/c1-36-23-13-16(4-11-21(23)38-26(33)22-3-2-12-37-22)15-29-30-25(32)17-5-10-20(28)24(14-17)39(34,35)31-19-8-6-18(27)7-9-19/h2-15,31H,1H3,(H,30,32). The van der Waals surface area contributed by atoms with Crippen molar-refractivity contribution < 1.29 is 31.9 Å². The number of nitrogens with zero attached hydrogens (tertiary/aromatic N) is 1. The lowest BCUT2D eigenvalue weighted by Gasteiger charge is -2.11. The van der Waals surface area contributed by atoms with Gasteiger partial charge in [-0.15, -0.1) is 0 Å². The smallest absolute Gasteiger partial charge is 0.379 e. The van der Waals surface area contributed by atoms with Gasteiger partial charge in [0.15, 0.2) is 11.5 Å². The molecule has 0 saturated carbocycles. The van der Waals surface area contributed by atoms with Gasteiger partial charge in [-0.1, -0.05) is 23.2 Å². The van der Waals surface area contributed by atoms with Crippen molar-refractivity contribution in [1.82, 2.24) is 5.43 Å². The maximum atomic E-state index is 12.9. The number of esters is 1. The molecule has 0 radical (unpaired) electrons. The van der Waals surface area contributed by atoms with Gasteiger partial charge in [0.2, 0.25) is 5.76 Å². The number of furan rings is 1. The van der Waals surface area contributed by atoms with Crippen LogP contribution < -0.4 is 19.6 Å². The molecule has 0 atom stereocenters. The maximum absolute atomic E-state index is 12.9. The van der Waals surface area contributed by atoms with Crippen LogP contribution in [-0.4, -0.2) is 33.6 Å². The Balaban J connectivity index is 1.44. The van der Waals surface area contributed by atoms with Gasteiger partial charge in [0, 0.05) is 16.3 Å². The molecule has 0 saturated heterocycles. The number of hydrogen-bond donors (Lipinski definition) is 2. The number of hydrazone groups is 1. The predicted molar refractivity (Wildman–Crippen MR) is 145 cm³/mol. The minimum atomic E-state index is -4.11. The minimum absolute atomic E-state index is 0.00537. The number of benzene rings is 3. The first kappa shape index (κ1) is 27.7. The van der Waals surface area contributed by atoms with E-state index in [1.54, 1.807) is 12.1 Å². The van der Waals surface area contributed by atoms with Crippen molar-refractivity contribution in [1.29, 1.82) is 0 Å². The monoisotopic (exact) mass is 587 g/mol. The molecule has 0 aliphatic rings. The molecule has 1 heterocycles. The lowest BCUT2D eigenvalue weighted by atomic mass is 10.2. The number of ether oxygens (including phenoxy) is 2. The largest absolute Gasteiger partial charge is 0.493 e. The second-order valence-electron chi connectivity index (χ2n) is 7.73. The molecule has 4 rings (SSSR count). The van der Waals surface area contributed by atoms with Crippen molar-refractivity contribution in [3.8, 4) is 11.5 Å². The molecule has 0 aliphatic heterocycles. The number of sulfonamides is 1. The predicted octanol–water partition coefficient (Wildman–Crippen LogP) is 5.38. The van der Waals surface area contributed by atoms with Gasteiger partial charge in [0.05, 0.1) is 24.6 Å². The van der Waals surface area contributed by atoms with Gasteiger partial charge in [-0.2, -0.15) is 5.10 Å². The Morgan fingerprint density at radius 2 is 1.74 bits per heavy atom. The molecule has 0 unspecified atom stereocenters. The molecule has 39 heavy (non-hydrogen) atoms. The molecule has 0 bridgehead atoms. The molecule has 0 spiro atoms. The number of carbonyl (C=O) groups is 2. The molecule has 2 N–H and O–H groups in total. The Morgan fingerprint density at radius 1 is 0.974 bits per heavy atom. The third kappa shape index (κ3) is 6.96. The van der Waals surface area contributed by atoms with Crippen LogP contribution in [0.1, 0.15) is 26.5 Å². The summed E-state index contributed by atoms with van der Waals surface area (Å²) in [6.07, 6.45) is 2.68. The Morgan fingerprint density at radius 3 is 2.44 bits per heavy atom. The molecule has 10 nitrogen and oxygen atoms in total. The van der Waals surface area contributed by atoms with Crippen LogP contribution in [0.3, 0.4) is 0 Å². The SMILES string of the molecule is COc1cc(C=NNC(=O)c2ccc(Cl)c(S(=O)(=O)Nc3ccc(Cl)cc3)c2)ccc1OC(=O)c1ccco1. The fourth-order valence-electron chi connectivity index (χ4n) is 3.20. The Hall–Kier alpha value is -4.32. The van der Waals surface area contributed by atoms with Gasteiger partial charge in [0.25, 0.3) is 15.9 Å². The van der Waals surface area contributed by atoms with E-state index in [0.717, 1.165) is 6.07 Å². The number of methoxy groups -OCH3 is 1. The molecule has 1 aromatic heterocycles. The van der Waals surface area contributed by atoms with Crippen LogP contribution in [0, 0.1) is 0 Å². The quantitative estimate of drug-likeness (QED) is 0.116. The summed E-state index contributed by atoms with van der Waals surface area (Å²) >= 11 is 12.0. The average Bonchev–Trinajstić information content (AvgIpc) is 3.46. The molecule has 200 valence electrons. The lowest BCUT2D eigenvalue weighted by Crippen LogP contribution is -2.19. The van der Waals surface area contributed by atoms with E-state index in [-0.39, 0.29) is 38.4 Å². The summed E-state index contributed by atoms with van der Waals surface area (Å²) in [5, 5.41) is 4.27. The van der Waals surface area contributed by atoms with Crippen LogP contribution in [0.2, 0.25) is 10.0 Å². The van der Waals surface area contributed by atoms with Crippen molar-refractivity contribution in [2.45, 2.75) is 4.90 Å². The number of amides is 1. The molecule has 13 heteroatoms. The molecule has 0 fully saturated rings. The minimum Gasteiger partial charge on any atom is -0.493 e. The first-order valence-corrected chi connectivity index (χ1v) is 13.3. The highest BCUT2D eigenvalue weighted by Crippen LogP contribution is 2.29. The number of rotatable bonds is 9. The average molecular weight is 588 g/mol. The van der Waals surface area contributed by atoms with E-state index in [4.69, 9.17) is 37.1 Å². The van der Waals surface area contributed by atoms with E-state index < -0.39 is 21.9 Å². The van der Waals surface area contributed by atoms with E-state index in [2.05, 4.69) is 15.2 Å². The normalized spacial score (nSPS) is 11.3. The fourth-order valence-corrected chi connectivity index (χ4v) is 4.91. The van der Waals surface area contributed by atoms with Crippen LogP contribution in [-0.2, 0) is 10.0 Å². The van der Waals surface area contributed by atoms with E-state index in [0.29, 0.717) is 10.6 Å². The molecule has 1 amide bonds. The van der Waals surface area contributed by atoms with Crippen molar-refractivity contribution in [2.24, 2.45) is 5.10 Å². The summed E-state index contributed by atoms with van der Waals surface area (Å²) in [5.74, 6) is -0.945. The van der Waals surface area contributed by atoms with Gasteiger partial charge < -0.3 is 13.9 Å². The van der Waals surface area contributed by atoms with Crippen LogP contribution >= 0.6 is 23.2 Å². The van der Waals surface area contributed by atoms with Crippen molar-refractivity contribution in [3.63, 3.8) is 0 Å². The maximum Gasteiger partial charge on any atom is 0.379 e. The summed E-state index contributed by atoms with van der Waals surface area (Å²) in [6.45, 7) is 0. The van der Waals surface area contributed by atoms with Crippen LogP contribution in [0.25, 0.3) is 0 Å². The van der Waals surface area contributed by atoms with Gasteiger partial charge in [-0.05, 0) is 78.4 Å². The fraction of sp³-hybridized carbons (Fsp3) is 0.0385. The molecular formula is C26H19Cl2N3O7S.